The van der Waals surface area contributed by atoms with Crippen LogP contribution in [0.5, 0.6) is 5.88 Å². The molecule has 0 fully saturated rings. The number of hydrogen-bond donors (Lipinski definition) is 1. The average Bonchev–Trinajstić information content (AvgIpc) is 2.37. The Kier molecular flexibility index (Phi) is 4.12. The summed E-state index contributed by atoms with van der Waals surface area (Å²) in [5.41, 5.74) is 2.46. The van der Waals surface area contributed by atoms with E-state index in [4.69, 9.17) is 4.74 Å². The average molecular weight is 243 g/mol. The van der Waals surface area contributed by atoms with E-state index in [1.807, 2.05) is 13.0 Å². The number of nitrogens with one attached hydrogen (secondary N) is 1. The van der Waals surface area contributed by atoms with Gasteiger partial charge in [-0.3, -0.25) is 0 Å². The van der Waals surface area contributed by atoms with Gasteiger partial charge < -0.3 is 10.1 Å². The van der Waals surface area contributed by atoms with Crippen molar-refractivity contribution in [1.29, 1.82) is 0 Å². The summed E-state index contributed by atoms with van der Waals surface area (Å²) in [6, 6.07) is 10.1. The topological polar surface area (TPSA) is 47.0 Å². The fourth-order valence-corrected chi connectivity index (χ4v) is 1.66. The van der Waals surface area contributed by atoms with Gasteiger partial charge in [-0.15, -0.1) is 0 Å². The Morgan fingerprint density at radius 2 is 2.17 bits per heavy atom. The summed E-state index contributed by atoms with van der Waals surface area (Å²) in [7, 11) is 0. The van der Waals surface area contributed by atoms with E-state index in [-0.39, 0.29) is 0 Å². The lowest BCUT2D eigenvalue weighted by atomic mass is 10.1. The van der Waals surface area contributed by atoms with E-state index in [0.717, 1.165) is 0 Å². The Hall–Kier alpha value is -2.10. The van der Waals surface area contributed by atoms with Gasteiger partial charge >= 0.3 is 0 Å². The van der Waals surface area contributed by atoms with Crippen molar-refractivity contribution in [3.05, 3.63) is 47.7 Å². The number of hydrogen-bond acceptors (Lipinski definition) is 4. The first-order chi connectivity index (χ1) is 8.78. The predicted octanol–water partition coefficient (Wildman–Crippen LogP) is 2.80. The highest BCUT2D eigenvalue weighted by Crippen LogP contribution is 2.10. The fourth-order valence-electron chi connectivity index (χ4n) is 1.66. The van der Waals surface area contributed by atoms with Crippen molar-refractivity contribution in [1.82, 2.24) is 9.97 Å². The van der Waals surface area contributed by atoms with E-state index >= 15 is 0 Å². The van der Waals surface area contributed by atoms with Gasteiger partial charge in [0.25, 0.3) is 0 Å². The molecule has 1 aromatic carbocycles. The van der Waals surface area contributed by atoms with Crippen molar-refractivity contribution in [3.8, 4) is 5.88 Å². The molecule has 0 unspecified atom stereocenters. The first-order valence-corrected chi connectivity index (χ1v) is 6.03. The molecule has 0 spiro atoms. The summed E-state index contributed by atoms with van der Waals surface area (Å²) in [6.45, 7) is 5.32. The summed E-state index contributed by atoms with van der Waals surface area (Å²) in [5, 5.41) is 3.18. The lowest BCUT2D eigenvalue weighted by Crippen LogP contribution is -2.04. The summed E-state index contributed by atoms with van der Waals surface area (Å²) in [5.74, 6) is 1.18. The largest absolute Gasteiger partial charge is 0.478 e. The van der Waals surface area contributed by atoms with Crippen LogP contribution in [0.15, 0.2) is 36.5 Å². The monoisotopic (exact) mass is 243 g/mol. The SMILES string of the molecule is CCOc1ccnc(NCc2cccc(C)c2)n1. The molecule has 0 aliphatic rings. The van der Waals surface area contributed by atoms with E-state index in [9.17, 15) is 0 Å². The number of nitrogens with zero attached hydrogens (tertiary/aromatic N) is 2. The first kappa shape index (κ1) is 12.4. The van der Waals surface area contributed by atoms with Crippen LogP contribution < -0.4 is 10.1 Å². The minimum atomic E-state index is 0.586. The third-order valence-electron chi connectivity index (χ3n) is 2.46. The van der Waals surface area contributed by atoms with E-state index in [0.29, 0.717) is 25.0 Å². The quantitative estimate of drug-likeness (QED) is 0.877. The molecule has 4 nitrogen and oxygen atoms in total. The molecule has 0 aliphatic carbocycles. The summed E-state index contributed by atoms with van der Waals surface area (Å²) < 4.78 is 5.33. The van der Waals surface area contributed by atoms with Crippen molar-refractivity contribution >= 4 is 5.95 Å². The van der Waals surface area contributed by atoms with E-state index in [1.165, 1.54) is 11.1 Å². The van der Waals surface area contributed by atoms with Crippen molar-refractivity contribution in [3.63, 3.8) is 0 Å². The maximum Gasteiger partial charge on any atom is 0.226 e. The van der Waals surface area contributed by atoms with Crippen LogP contribution in [0.3, 0.4) is 0 Å². The van der Waals surface area contributed by atoms with Gasteiger partial charge in [0.1, 0.15) is 0 Å². The van der Waals surface area contributed by atoms with E-state index in [1.54, 1.807) is 12.3 Å². The zero-order chi connectivity index (χ0) is 12.8. The zero-order valence-electron chi connectivity index (χ0n) is 10.7. The molecule has 1 N–H and O–H groups in total. The minimum absolute atomic E-state index is 0.586. The van der Waals surface area contributed by atoms with E-state index in [2.05, 4.69) is 40.4 Å². The first-order valence-electron chi connectivity index (χ1n) is 6.03. The van der Waals surface area contributed by atoms with Crippen molar-refractivity contribution in [2.45, 2.75) is 20.4 Å². The Labute approximate surface area is 107 Å². The Bertz CT molecular complexity index is 514. The molecule has 0 bridgehead atoms. The van der Waals surface area contributed by atoms with Crippen LogP contribution in [0.25, 0.3) is 0 Å². The number of aromatic nitrogens is 2. The Morgan fingerprint density at radius 3 is 2.94 bits per heavy atom. The van der Waals surface area contributed by atoms with E-state index < -0.39 is 0 Å². The molecule has 0 atom stereocenters. The van der Waals surface area contributed by atoms with Gasteiger partial charge in [-0.25, -0.2) is 4.98 Å². The van der Waals surface area contributed by atoms with Crippen LogP contribution in [-0.4, -0.2) is 16.6 Å². The summed E-state index contributed by atoms with van der Waals surface area (Å²) >= 11 is 0. The predicted molar refractivity (Wildman–Crippen MR) is 71.7 cm³/mol. The standard InChI is InChI=1S/C14H17N3O/c1-3-18-13-7-8-15-14(17-13)16-10-12-6-4-5-11(2)9-12/h4-9H,3,10H2,1-2H3,(H,15,16,17). The summed E-state index contributed by atoms with van der Waals surface area (Å²) in [6.07, 6.45) is 1.69. The lowest BCUT2D eigenvalue weighted by Gasteiger charge is -2.07. The third-order valence-corrected chi connectivity index (χ3v) is 2.46. The highest BCUT2D eigenvalue weighted by atomic mass is 16.5. The molecule has 18 heavy (non-hydrogen) atoms. The second-order valence-electron chi connectivity index (χ2n) is 3.99. The van der Waals surface area contributed by atoms with Gasteiger partial charge in [0.15, 0.2) is 0 Å². The fraction of sp³-hybridized carbons (Fsp3) is 0.286. The Balaban J connectivity index is 1.99. The summed E-state index contributed by atoms with van der Waals surface area (Å²) in [4.78, 5) is 8.41. The molecule has 2 rings (SSSR count). The normalized spacial score (nSPS) is 10.1. The Morgan fingerprint density at radius 1 is 1.28 bits per heavy atom. The van der Waals surface area contributed by atoms with Crippen molar-refractivity contribution < 1.29 is 4.74 Å². The maximum atomic E-state index is 5.33. The molecule has 1 aromatic heterocycles. The van der Waals surface area contributed by atoms with Gasteiger partial charge in [0.05, 0.1) is 6.61 Å². The second-order valence-corrected chi connectivity index (χ2v) is 3.99. The van der Waals surface area contributed by atoms with Gasteiger partial charge in [0, 0.05) is 18.8 Å². The number of ether oxygens (including phenoxy) is 1. The molecule has 0 aliphatic heterocycles. The highest BCUT2D eigenvalue weighted by molar-refractivity contribution is 5.31. The van der Waals surface area contributed by atoms with Crippen molar-refractivity contribution in [2.24, 2.45) is 0 Å². The molecular formula is C14H17N3O. The molecule has 0 saturated heterocycles. The molecule has 2 aromatic rings. The number of anilines is 1. The minimum Gasteiger partial charge on any atom is -0.478 e. The van der Waals surface area contributed by atoms with Gasteiger partial charge in [0.2, 0.25) is 11.8 Å². The third kappa shape index (κ3) is 3.45. The molecular weight excluding hydrogens is 226 g/mol. The second kappa shape index (κ2) is 6.00. The van der Waals surface area contributed by atoms with Crippen LogP contribution in [0.2, 0.25) is 0 Å². The molecule has 0 saturated carbocycles. The van der Waals surface area contributed by atoms with Gasteiger partial charge in [-0.1, -0.05) is 29.8 Å². The van der Waals surface area contributed by atoms with Gasteiger partial charge in [-0.2, -0.15) is 4.98 Å². The zero-order valence-corrected chi connectivity index (χ0v) is 10.7. The highest BCUT2D eigenvalue weighted by Gasteiger charge is 1.99. The van der Waals surface area contributed by atoms with Gasteiger partial charge in [-0.05, 0) is 19.4 Å². The van der Waals surface area contributed by atoms with Crippen LogP contribution in [0, 0.1) is 6.92 Å². The molecule has 94 valence electrons. The van der Waals surface area contributed by atoms with Crippen LogP contribution in [0.4, 0.5) is 5.95 Å². The number of benzene rings is 1. The lowest BCUT2D eigenvalue weighted by molar-refractivity contribution is 0.326. The molecule has 4 heteroatoms. The smallest absolute Gasteiger partial charge is 0.226 e. The van der Waals surface area contributed by atoms with Crippen LogP contribution in [0.1, 0.15) is 18.1 Å². The molecule has 0 amide bonds. The maximum absolute atomic E-state index is 5.33. The molecule has 1 heterocycles. The van der Waals surface area contributed by atoms with Crippen LogP contribution >= 0.6 is 0 Å². The van der Waals surface area contributed by atoms with Crippen molar-refractivity contribution in [2.75, 3.05) is 11.9 Å². The number of aryl methyl sites for hydroxylation is 1. The molecule has 0 radical (unpaired) electrons. The van der Waals surface area contributed by atoms with Crippen LogP contribution in [-0.2, 0) is 6.54 Å². The number of rotatable bonds is 5.